The monoisotopic (exact) mass is 433 g/mol. The lowest BCUT2D eigenvalue weighted by Crippen LogP contribution is -2.24. The van der Waals surface area contributed by atoms with Crippen molar-refractivity contribution in [3.63, 3.8) is 0 Å². The molecular weight excluding hydrogens is 410 g/mol. The fraction of sp³-hybridized carbons (Fsp3) is 0.136. The van der Waals surface area contributed by atoms with Crippen LogP contribution in [0.25, 0.3) is 11.3 Å². The summed E-state index contributed by atoms with van der Waals surface area (Å²) in [5, 5.41) is 7.10. The molecule has 0 unspecified atom stereocenters. The van der Waals surface area contributed by atoms with Gasteiger partial charge in [-0.25, -0.2) is 4.98 Å². The topological polar surface area (TPSA) is 114 Å². The van der Waals surface area contributed by atoms with E-state index in [9.17, 15) is 4.79 Å². The number of aryl methyl sites for hydroxylation is 1. The van der Waals surface area contributed by atoms with E-state index in [-0.39, 0.29) is 5.91 Å². The molecule has 158 valence electrons. The maximum absolute atomic E-state index is 12.3. The SMILES string of the molecule is Cn1cc(SNc2ccc(CC(=O)NCc3ccc(-c4cnc(N)[nH]4)cc3)cc2)cn1. The molecule has 1 amide bonds. The van der Waals surface area contributed by atoms with E-state index in [1.54, 1.807) is 17.1 Å². The van der Waals surface area contributed by atoms with Gasteiger partial charge < -0.3 is 20.8 Å². The van der Waals surface area contributed by atoms with Crippen LogP contribution in [0.3, 0.4) is 0 Å². The summed E-state index contributed by atoms with van der Waals surface area (Å²) in [5.74, 6) is 0.373. The second-order valence-corrected chi connectivity index (χ2v) is 7.96. The third-order valence-corrected chi connectivity index (χ3v) is 5.42. The molecule has 2 aromatic heterocycles. The summed E-state index contributed by atoms with van der Waals surface area (Å²) >= 11 is 1.50. The van der Waals surface area contributed by atoms with Crippen molar-refractivity contribution in [3.8, 4) is 11.3 Å². The van der Waals surface area contributed by atoms with Gasteiger partial charge in [-0.3, -0.25) is 9.48 Å². The number of hydrogen-bond acceptors (Lipinski definition) is 6. The molecule has 0 aliphatic carbocycles. The molecule has 0 fully saturated rings. The molecule has 0 atom stereocenters. The van der Waals surface area contributed by atoms with Crippen molar-refractivity contribution in [3.05, 3.63) is 78.2 Å². The van der Waals surface area contributed by atoms with Gasteiger partial charge in [-0.1, -0.05) is 36.4 Å². The Hall–Kier alpha value is -3.72. The largest absolute Gasteiger partial charge is 0.369 e. The fourth-order valence-electron chi connectivity index (χ4n) is 2.99. The molecule has 2 heterocycles. The third-order valence-electron chi connectivity index (χ3n) is 4.64. The minimum Gasteiger partial charge on any atom is -0.369 e. The van der Waals surface area contributed by atoms with E-state index in [0.29, 0.717) is 18.9 Å². The van der Waals surface area contributed by atoms with Crippen LogP contribution in [0.1, 0.15) is 11.1 Å². The summed E-state index contributed by atoms with van der Waals surface area (Å²) < 4.78 is 5.03. The Labute approximate surface area is 184 Å². The Morgan fingerprint density at radius 3 is 2.48 bits per heavy atom. The van der Waals surface area contributed by atoms with Crippen molar-refractivity contribution in [2.75, 3.05) is 10.5 Å². The number of rotatable bonds is 8. The Morgan fingerprint density at radius 2 is 1.84 bits per heavy atom. The highest BCUT2D eigenvalue weighted by Gasteiger charge is 2.06. The van der Waals surface area contributed by atoms with Crippen molar-refractivity contribution < 1.29 is 4.79 Å². The quantitative estimate of drug-likeness (QED) is 0.317. The molecule has 31 heavy (non-hydrogen) atoms. The first-order chi connectivity index (χ1) is 15.0. The van der Waals surface area contributed by atoms with Crippen molar-refractivity contribution in [2.24, 2.45) is 7.05 Å². The summed E-state index contributed by atoms with van der Waals surface area (Å²) in [6, 6.07) is 15.8. The highest BCUT2D eigenvalue weighted by molar-refractivity contribution is 8.00. The second kappa shape index (κ2) is 9.40. The number of benzene rings is 2. The number of H-pyrrole nitrogens is 1. The number of nitrogens with zero attached hydrogens (tertiary/aromatic N) is 3. The molecular formula is C22H23N7OS. The molecule has 0 spiro atoms. The predicted octanol–water partition coefficient (Wildman–Crippen LogP) is 3.37. The first kappa shape index (κ1) is 20.5. The molecule has 9 heteroatoms. The number of anilines is 2. The first-order valence-corrected chi connectivity index (χ1v) is 10.5. The van der Waals surface area contributed by atoms with E-state index in [1.165, 1.54) is 11.9 Å². The Bertz CT molecular complexity index is 1150. The Balaban J connectivity index is 1.24. The first-order valence-electron chi connectivity index (χ1n) is 9.72. The molecule has 8 nitrogen and oxygen atoms in total. The lowest BCUT2D eigenvalue weighted by molar-refractivity contribution is -0.120. The summed E-state index contributed by atoms with van der Waals surface area (Å²) in [6.07, 6.45) is 5.78. The molecule has 0 bridgehead atoms. The van der Waals surface area contributed by atoms with E-state index in [0.717, 1.165) is 33.0 Å². The van der Waals surface area contributed by atoms with E-state index in [4.69, 9.17) is 5.73 Å². The van der Waals surface area contributed by atoms with Crippen LogP contribution in [-0.4, -0.2) is 25.7 Å². The zero-order valence-electron chi connectivity index (χ0n) is 17.0. The number of imidazole rings is 1. The van der Waals surface area contributed by atoms with Gasteiger partial charge in [0.15, 0.2) is 5.95 Å². The number of nitrogens with two attached hydrogens (primary N) is 1. The molecule has 5 N–H and O–H groups in total. The number of aromatic nitrogens is 4. The average Bonchev–Trinajstić information content (AvgIpc) is 3.40. The summed E-state index contributed by atoms with van der Waals surface area (Å²) in [7, 11) is 1.89. The maximum Gasteiger partial charge on any atom is 0.224 e. The zero-order chi connectivity index (χ0) is 21.6. The minimum absolute atomic E-state index is 0.0177. The van der Waals surface area contributed by atoms with E-state index in [2.05, 4.69) is 25.1 Å². The van der Waals surface area contributed by atoms with Gasteiger partial charge in [0.2, 0.25) is 5.91 Å². The van der Waals surface area contributed by atoms with E-state index >= 15 is 0 Å². The molecule has 2 aromatic carbocycles. The van der Waals surface area contributed by atoms with Crippen LogP contribution in [0, 0.1) is 0 Å². The highest BCUT2D eigenvalue weighted by atomic mass is 32.2. The van der Waals surface area contributed by atoms with Gasteiger partial charge in [0.1, 0.15) is 0 Å². The third kappa shape index (κ3) is 5.67. The van der Waals surface area contributed by atoms with Crippen LogP contribution in [0.4, 0.5) is 11.6 Å². The van der Waals surface area contributed by atoms with Gasteiger partial charge in [0.25, 0.3) is 0 Å². The minimum atomic E-state index is -0.0177. The molecule has 0 saturated carbocycles. The molecule has 0 aliphatic heterocycles. The van der Waals surface area contributed by atoms with E-state index in [1.807, 2.05) is 61.8 Å². The van der Waals surface area contributed by atoms with Gasteiger partial charge in [0, 0.05) is 25.5 Å². The summed E-state index contributed by atoms with van der Waals surface area (Å²) in [5.41, 5.74) is 10.4. The van der Waals surface area contributed by atoms with Crippen LogP contribution in [0.5, 0.6) is 0 Å². The zero-order valence-corrected chi connectivity index (χ0v) is 17.8. The average molecular weight is 434 g/mol. The lowest BCUT2D eigenvalue weighted by Gasteiger charge is -2.08. The maximum atomic E-state index is 12.3. The Kier molecular flexibility index (Phi) is 6.23. The fourth-order valence-corrected chi connectivity index (χ4v) is 3.67. The number of hydrogen-bond donors (Lipinski definition) is 4. The number of nitrogen functional groups attached to an aromatic ring is 1. The van der Waals surface area contributed by atoms with Crippen LogP contribution >= 0.6 is 11.9 Å². The van der Waals surface area contributed by atoms with Gasteiger partial charge in [-0.15, -0.1) is 0 Å². The normalized spacial score (nSPS) is 10.7. The molecule has 0 aliphatic rings. The summed E-state index contributed by atoms with van der Waals surface area (Å²) in [4.78, 5) is 20.3. The highest BCUT2D eigenvalue weighted by Crippen LogP contribution is 2.21. The van der Waals surface area contributed by atoms with Crippen molar-refractivity contribution in [1.29, 1.82) is 0 Å². The smallest absolute Gasteiger partial charge is 0.224 e. The summed E-state index contributed by atoms with van der Waals surface area (Å²) in [6.45, 7) is 0.478. The van der Waals surface area contributed by atoms with Gasteiger partial charge in [0.05, 0.1) is 29.4 Å². The van der Waals surface area contributed by atoms with Gasteiger partial charge in [-0.2, -0.15) is 5.10 Å². The lowest BCUT2D eigenvalue weighted by atomic mass is 10.1. The molecule has 0 saturated heterocycles. The van der Waals surface area contributed by atoms with Crippen LogP contribution in [-0.2, 0) is 24.8 Å². The van der Waals surface area contributed by atoms with Crippen LogP contribution in [0.15, 0.2) is 72.0 Å². The van der Waals surface area contributed by atoms with Crippen LogP contribution < -0.4 is 15.8 Å². The van der Waals surface area contributed by atoms with Gasteiger partial charge >= 0.3 is 0 Å². The standard InChI is InChI=1S/C22H23N7OS/c1-29-14-19(12-26-29)31-28-18-8-4-15(5-9-18)10-21(30)24-11-16-2-6-17(7-3-16)20-13-25-22(23)27-20/h2-9,12-14,28H,10-11H2,1H3,(H,24,30)(H3,23,25,27). The molecule has 4 rings (SSSR count). The number of aromatic amines is 1. The van der Waals surface area contributed by atoms with Crippen molar-refractivity contribution in [1.82, 2.24) is 25.1 Å². The number of carbonyl (C=O) groups is 1. The van der Waals surface area contributed by atoms with Crippen molar-refractivity contribution in [2.45, 2.75) is 17.9 Å². The predicted molar refractivity (Wildman–Crippen MR) is 123 cm³/mol. The van der Waals surface area contributed by atoms with Gasteiger partial charge in [-0.05, 0) is 40.8 Å². The van der Waals surface area contributed by atoms with E-state index < -0.39 is 0 Å². The van der Waals surface area contributed by atoms with Crippen molar-refractivity contribution >= 4 is 29.5 Å². The number of carbonyl (C=O) groups excluding carboxylic acids is 1. The Morgan fingerprint density at radius 1 is 1.10 bits per heavy atom. The number of amides is 1. The van der Waals surface area contributed by atoms with Crippen LogP contribution in [0.2, 0.25) is 0 Å². The molecule has 4 aromatic rings. The number of nitrogens with one attached hydrogen (secondary N) is 3. The second-order valence-electron chi connectivity index (χ2n) is 7.08. The molecule has 0 radical (unpaired) electrons.